The lowest BCUT2D eigenvalue weighted by Crippen LogP contribution is -2.28. The number of amides is 2. The van der Waals surface area contributed by atoms with Crippen molar-refractivity contribution in [1.82, 2.24) is 10.6 Å². The summed E-state index contributed by atoms with van der Waals surface area (Å²) in [5, 5.41) is 22.1. The van der Waals surface area contributed by atoms with Crippen molar-refractivity contribution in [3.05, 3.63) is 71.8 Å². The van der Waals surface area contributed by atoms with Gasteiger partial charge in [0.05, 0.1) is 126 Å². The second kappa shape index (κ2) is 49.9. The van der Waals surface area contributed by atoms with Gasteiger partial charge in [0.25, 0.3) is 0 Å². The minimum atomic E-state index is -0.463. The summed E-state index contributed by atoms with van der Waals surface area (Å²) in [5.41, 5.74) is 7.12. The summed E-state index contributed by atoms with van der Waals surface area (Å²) in [6, 6.07) is 19.0. The third-order valence-corrected chi connectivity index (χ3v) is 6.77. The Morgan fingerprint density at radius 3 is 1.12 bits per heavy atom. The van der Waals surface area contributed by atoms with Crippen LogP contribution < -0.4 is 16.4 Å². The molecule has 6 N–H and O–H groups in total. The summed E-state index contributed by atoms with van der Waals surface area (Å²) in [5.74, 6) is 0. The fraction of sp³-hybridized carbons (Fsp3) is 0.667. The SMILES string of the molecule is CCCOCCOCCOCCNC(=O)OCc1ccccc1.NCCOCCOCCOCCO.O=C(NCCOCCOCCOCCO)OCc1ccccc1.[2H]C. The molecule has 0 aliphatic heterocycles. The summed E-state index contributed by atoms with van der Waals surface area (Å²) < 4.78 is 62.6. The van der Waals surface area contributed by atoms with Gasteiger partial charge in [0.1, 0.15) is 13.2 Å². The fourth-order valence-electron chi connectivity index (χ4n) is 3.98. The lowest BCUT2D eigenvalue weighted by Gasteiger charge is -2.08. The van der Waals surface area contributed by atoms with Crippen LogP contribution in [-0.2, 0) is 65.3 Å². The highest BCUT2D eigenvalue weighted by Crippen LogP contribution is 2.01. The van der Waals surface area contributed by atoms with Gasteiger partial charge in [-0.15, -0.1) is 0 Å². The minimum Gasteiger partial charge on any atom is -0.445 e. The number of carbonyl (C=O) groups is 2. The quantitative estimate of drug-likeness (QED) is 0.0621. The molecule has 348 valence electrons. The molecule has 2 aromatic rings. The van der Waals surface area contributed by atoms with Gasteiger partial charge in [-0.3, -0.25) is 0 Å². The van der Waals surface area contributed by atoms with Crippen molar-refractivity contribution >= 4 is 12.2 Å². The summed E-state index contributed by atoms with van der Waals surface area (Å²) in [4.78, 5) is 22.9. The van der Waals surface area contributed by atoms with Crippen LogP contribution in [0.25, 0.3) is 0 Å². The summed E-state index contributed by atoms with van der Waals surface area (Å²) in [7, 11) is 1.25. The molecule has 60 heavy (non-hydrogen) atoms. The number of carbonyl (C=O) groups excluding carboxylic acids is 2. The van der Waals surface area contributed by atoms with Crippen molar-refractivity contribution in [2.24, 2.45) is 5.73 Å². The first kappa shape index (κ1) is 56.5. The van der Waals surface area contributed by atoms with Crippen molar-refractivity contribution in [2.75, 3.05) is 152 Å². The van der Waals surface area contributed by atoms with Crippen LogP contribution in [0.5, 0.6) is 0 Å². The number of hydrogen-bond donors (Lipinski definition) is 5. The predicted octanol–water partition coefficient (Wildman–Crippen LogP) is 2.95. The van der Waals surface area contributed by atoms with Gasteiger partial charge in [-0.2, -0.15) is 0 Å². The van der Waals surface area contributed by atoms with Gasteiger partial charge in [-0.05, 0) is 17.5 Å². The Bertz CT molecular complexity index is 1060. The van der Waals surface area contributed by atoms with Crippen LogP contribution in [0.15, 0.2) is 60.7 Å². The Morgan fingerprint density at radius 1 is 0.500 bits per heavy atom. The van der Waals surface area contributed by atoms with Crippen LogP contribution in [0.4, 0.5) is 9.59 Å². The highest BCUT2D eigenvalue weighted by atomic mass is 16.6. The maximum Gasteiger partial charge on any atom is 0.407 e. The van der Waals surface area contributed by atoms with E-state index in [1.807, 2.05) is 60.7 Å². The van der Waals surface area contributed by atoms with E-state index in [0.29, 0.717) is 132 Å². The van der Waals surface area contributed by atoms with Crippen LogP contribution in [-0.4, -0.2) is 174 Å². The maximum absolute atomic E-state index is 11.4. The van der Waals surface area contributed by atoms with Crippen molar-refractivity contribution in [3.8, 4) is 0 Å². The molecule has 18 heteroatoms. The molecule has 0 heterocycles. The normalized spacial score (nSPS) is 10.4. The van der Waals surface area contributed by atoms with Crippen LogP contribution in [0.3, 0.4) is 0 Å². The van der Waals surface area contributed by atoms with Gasteiger partial charge in [0.15, 0.2) is 0 Å². The molecule has 0 radical (unpaired) electrons. The molecule has 0 atom stereocenters. The number of ether oxygens (including phenoxy) is 11. The lowest BCUT2D eigenvalue weighted by molar-refractivity contribution is 0.00814. The van der Waals surface area contributed by atoms with Crippen LogP contribution in [0.1, 0.15) is 33.2 Å². The molecule has 0 saturated carbocycles. The number of hydrogen-bond acceptors (Lipinski definition) is 16. The molecule has 0 bridgehead atoms. The maximum atomic E-state index is 11.4. The molecule has 2 rings (SSSR count). The van der Waals surface area contributed by atoms with Crippen molar-refractivity contribution in [3.63, 3.8) is 0 Å². The van der Waals surface area contributed by atoms with E-state index in [2.05, 4.69) is 17.6 Å². The number of aliphatic hydroxyl groups excluding tert-OH is 2. The third kappa shape index (κ3) is 45.6. The second-order valence-corrected chi connectivity index (χ2v) is 11.7. The van der Waals surface area contributed by atoms with Gasteiger partial charge in [0.2, 0.25) is 0 Å². The predicted molar refractivity (Wildman–Crippen MR) is 227 cm³/mol. The number of rotatable bonds is 36. The molecule has 18 nitrogen and oxygen atoms in total. The van der Waals surface area contributed by atoms with Gasteiger partial charge in [-0.25, -0.2) is 9.59 Å². The summed E-state index contributed by atoms with van der Waals surface area (Å²) >= 11 is 0. The zero-order valence-corrected chi connectivity index (χ0v) is 35.9. The Labute approximate surface area is 358 Å². The molecule has 0 aliphatic rings. The zero-order valence-electron chi connectivity index (χ0n) is 36.9. The first-order valence-corrected chi connectivity index (χ1v) is 20.1. The van der Waals surface area contributed by atoms with E-state index in [0.717, 1.165) is 24.2 Å². The lowest BCUT2D eigenvalue weighted by atomic mass is 10.2. The first-order valence-electron chi connectivity index (χ1n) is 21.1. The molecule has 0 unspecified atom stereocenters. The topological polar surface area (TPSA) is 226 Å². The van der Waals surface area contributed by atoms with Gasteiger partial charge in [-0.1, -0.05) is 75.0 Å². The standard InChI is InChI=1S/C17H27NO5.C16H25NO6.C8H19NO4.CH4/c1-2-9-20-11-13-22-14-12-21-10-8-18-17(19)23-15-16-6-4-3-5-7-16;18-7-9-21-11-13-22-12-10-20-8-6-17-16(19)23-14-15-4-2-1-3-5-15;9-1-3-11-5-7-13-8-6-12-4-2-10;/h3-7H,2,8-15H2,1H3,(H,18,19);1-5,18H,6-14H2,(H,17,19);10H,1-9H2;1H4/i;;;1D. The smallest absolute Gasteiger partial charge is 0.407 e. The van der Waals surface area contributed by atoms with Gasteiger partial charge >= 0.3 is 12.2 Å². The van der Waals surface area contributed by atoms with Gasteiger partial charge < -0.3 is 78.7 Å². The van der Waals surface area contributed by atoms with E-state index >= 15 is 0 Å². The number of benzene rings is 2. The largest absolute Gasteiger partial charge is 0.445 e. The molecule has 0 aromatic heterocycles. The summed E-state index contributed by atoms with van der Waals surface area (Å²) in [6.45, 7) is 13.0. The Morgan fingerprint density at radius 2 is 0.800 bits per heavy atom. The van der Waals surface area contributed by atoms with E-state index in [-0.39, 0.29) is 26.4 Å². The third-order valence-electron chi connectivity index (χ3n) is 6.77. The van der Waals surface area contributed by atoms with E-state index in [4.69, 9.17) is 69.4 Å². The van der Waals surface area contributed by atoms with Crippen molar-refractivity contribution in [2.45, 2.75) is 34.0 Å². The number of aliphatic hydroxyl groups is 2. The number of nitrogens with one attached hydrogen (secondary N) is 2. The van der Waals surface area contributed by atoms with Crippen LogP contribution >= 0.6 is 0 Å². The van der Waals surface area contributed by atoms with Crippen molar-refractivity contribution < 1.29 is 73.3 Å². The molecule has 0 saturated heterocycles. The Balaban J connectivity index is 0. The average Bonchev–Trinajstić information content (AvgIpc) is 3.30. The Kier molecular flexibility index (Phi) is 47.0. The van der Waals surface area contributed by atoms with Crippen LogP contribution in [0.2, 0.25) is 0 Å². The highest BCUT2D eigenvalue weighted by Gasteiger charge is 2.03. The molecule has 0 spiro atoms. The monoisotopic (exact) mass is 863 g/mol. The van der Waals surface area contributed by atoms with E-state index in [9.17, 15) is 9.59 Å². The first-order chi connectivity index (χ1) is 30.1. The Hall–Kier alpha value is -3.50. The zero-order chi connectivity index (χ0) is 45.0. The highest BCUT2D eigenvalue weighted by molar-refractivity contribution is 5.67. The summed E-state index contributed by atoms with van der Waals surface area (Å²) in [6.07, 6.45) is 0.112. The molecule has 2 amide bonds. The molecule has 2 aromatic carbocycles. The fourth-order valence-corrected chi connectivity index (χ4v) is 3.98. The van der Waals surface area contributed by atoms with E-state index in [1.54, 1.807) is 0 Å². The number of alkyl carbamates (subject to hydrolysis) is 2. The number of nitrogens with two attached hydrogens (primary N) is 1. The molecular formula is C42H75N3O15. The second-order valence-electron chi connectivity index (χ2n) is 11.7. The molecule has 0 aliphatic carbocycles. The van der Waals surface area contributed by atoms with E-state index < -0.39 is 12.2 Å². The molecule has 0 fully saturated rings. The van der Waals surface area contributed by atoms with E-state index in [1.165, 1.54) is 7.40 Å². The minimum absolute atomic E-state index is 0.0178. The average molecular weight is 863 g/mol. The van der Waals surface area contributed by atoms with Gasteiger partial charge in [0, 0.05) is 27.6 Å². The van der Waals surface area contributed by atoms with Crippen molar-refractivity contribution in [1.29, 1.82) is 0 Å². The van der Waals surface area contributed by atoms with Crippen LogP contribution in [0, 0.1) is 0 Å². The molecular weight excluding hydrogens is 786 g/mol.